The number of benzene rings is 4. The Kier molecular flexibility index (Phi) is 13.4. The number of thiophene rings is 2. The molecule has 15 heteroatoms. The SMILES string of the molecule is Nc1c(C(=O)c2ccc(Cl)cc2)sc(Nc2ccccc2)c1C(=O)N1CCNCC1.Nc1c(C(=O)c2ccccc2)sc(Nc2ccccc2)c1C(=O)N1CCNCC1. The maximum absolute atomic E-state index is 13.3. The molecular formula is C44H43ClN8O4S2. The number of hydrogen-bond acceptors (Lipinski definition) is 12. The first kappa shape index (κ1) is 41.1. The number of carbonyl (C=O) groups excluding carboxylic acids is 4. The van der Waals surface area contributed by atoms with Crippen molar-refractivity contribution in [3.05, 3.63) is 152 Å². The van der Waals surface area contributed by atoms with Crippen LogP contribution in [0.1, 0.15) is 51.2 Å². The van der Waals surface area contributed by atoms with E-state index in [1.165, 1.54) is 22.7 Å². The fourth-order valence-corrected chi connectivity index (χ4v) is 8.95. The molecule has 6 aromatic rings. The maximum atomic E-state index is 13.3. The zero-order valence-electron chi connectivity index (χ0n) is 32.0. The Bertz CT molecular complexity index is 2410. The zero-order chi connectivity index (χ0) is 41.3. The first-order valence-electron chi connectivity index (χ1n) is 19.1. The predicted molar refractivity (Wildman–Crippen MR) is 239 cm³/mol. The average Bonchev–Trinajstić information content (AvgIpc) is 3.78. The number of nitrogens with one attached hydrogen (secondary N) is 4. The Balaban J connectivity index is 0.000000179. The van der Waals surface area contributed by atoms with Gasteiger partial charge in [-0.1, -0.05) is 78.3 Å². The van der Waals surface area contributed by atoms with Gasteiger partial charge < -0.3 is 42.5 Å². The molecule has 0 atom stereocenters. The van der Waals surface area contributed by atoms with E-state index < -0.39 is 0 Å². The molecule has 0 radical (unpaired) electrons. The molecule has 8 N–H and O–H groups in total. The summed E-state index contributed by atoms with van der Waals surface area (Å²) in [5.74, 6) is -0.724. The van der Waals surface area contributed by atoms with Crippen LogP contribution < -0.4 is 32.7 Å². The van der Waals surface area contributed by atoms with Crippen molar-refractivity contribution in [1.29, 1.82) is 0 Å². The Morgan fingerprint density at radius 1 is 0.525 bits per heavy atom. The van der Waals surface area contributed by atoms with Crippen molar-refractivity contribution >= 4 is 90.4 Å². The number of anilines is 6. The Morgan fingerprint density at radius 2 is 0.881 bits per heavy atom. The smallest absolute Gasteiger partial charge is 0.259 e. The van der Waals surface area contributed by atoms with Crippen molar-refractivity contribution in [2.45, 2.75) is 0 Å². The molecule has 0 spiro atoms. The van der Waals surface area contributed by atoms with Crippen molar-refractivity contribution in [3.63, 3.8) is 0 Å². The van der Waals surface area contributed by atoms with Crippen LogP contribution in [0, 0.1) is 0 Å². The van der Waals surface area contributed by atoms with Crippen LogP contribution in [-0.4, -0.2) is 85.5 Å². The summed E-state index contributed by atoms with van der Waals surface area (Å²) in [6.45, 7) is 5.36. The first-order chi connectivity index (χ1) is 28.7. The van der Waals surface area contributed by atoms with Gasteiger partial charge in [0.2, 0.25) is 11.6 Å². The number of halogens is 1. The molecule has 0 bridgehead atoms. The second-order valence-corrected chi connectivity index (χ2v) is 16.2. The third-order valence-corrected chi connectivity index (χ3v) is 12.2. The van der Waals surface area contributed by atoms with E-state index >= 15 is 0 Å². The summed E-state index contributed by atoms with van der Waals surface area (Å²) < 4.78 is 0. The summed E-state index contributed by atoms with van der Waals surface area (Å²) in [6.07, 6.45) is 0. The number of rotatable bonds is 10. The number of para-hydroxylation sites is 2. The topological polar surface area (TPSA) is 175 Å². The number of nitrogen functional groups attached to an aromatic ring is 2. The summed E-state index contributed by atoms with van der Waals surface area (Å²) in [5.41, 5.74) is 16.6. The van der Waals surface area contributed by atoms with Crippen LogP contribution in [0.25, 0.3) is 0 Å². The van der Waals surface area contributed by atoms with Gasteiger partial charge in [0.1, 0.15) is 19.8 Å². The summed E-state index contributed by atoms with van der Waals surface area (Å²) in [5, 5.41) is 14.7. The molecule has 0 unspecified atom stereocenters. The fraction of sp³-hybridized carbons (Fsp3) is 0.182. The number of ketones is 2. The van der Waals surface area contributed by atoms with E-state index in [-0.39, 0.29) is 34.8 Å². The normalized spacial score (nSPS) is 13.8. The molecule has 59 heavy (non-hydrogen) atoms. The van der Waals surface area contributed by atoms with E-state index in [9.17, 15) is 19.2 Å². The van der Waals surface area contributed by atoms with Crippen LogP contribution in [0.2, 0.25) is 5.02 Å². The lowest BCUT2D eigenvalue weighted by Gasteiger charge is -2.27. The molecule has 12 nitrogen and oxygen atoms in total. The molecule has 4 heterocycles. The predicted octanol–water partition coefficient (Wildman–Crippen LogP) is 7.35. The van der Waals surface area contributed by atoms with Gasteiger partial charge in [0.05, 0.1) is 22.5 Å². The van der Waals surface area contributed by atoms with Gasteiger partial charge in [-0.2, -0.15) is 0 Å². The van der Waals surface area contributed by atoms with Crippen LogP contribution in [0.15, 0.2) is 115 Å². The summed E-state index contributed by atoms with van der Waals surface area (Å²) in [6, 6.07) is 34.7. The average molecular weight is 847 g/mol. The highest BCUT2D eigenvalue weighted by molar-refractivity contribution is 7.19. The lowest BCUT2D eigenvalue weighted by molar-refractivity contribution is 0.0731. The molecule has 2 aliphatic heterocycles. The third-order valence-electron chi connectivity index (χ3n) is 9.74. The van der Waals surface area contributed by atoms with E-state index in [2.05, 4.69) is 21.3 Å². The minimum Gasteiger partial charge on any atom is -0.397 e. The van der Waals surface area contributed by atoms with Crippen LogP contribution in [0.5, 0.6) is 0 Å². The van der Waals surface area contributed by atoms with Gasteiger partial charge in [-0.05, 0) is 48.5 Å². The van der Waals surface area contributed by atoms with Crippen molar-refractivity contribution in [1.82, 2.24) is 20.4 Å². The molecule has 0 aliphatic carbocycles. The van der Waals surface area contributed by atoms with E-state index in [1.54, 1.807) is 46.2 Å². The molecule has 2 saturated heterocycles. The van der Waals surface area contributed by atoms with Crippen molar-refractivity contribution < 1.29 is 19.2 Å². The van der Waals surface area contributed by atoms with Crippen LogP contribution in [-0.2, 0) is 0 Å². The van der Waals surface area contributed by atoms with Crippen molar-refractivity contribution in [2.75, 3.05) is 74.5 Å². The van der Waals surface area contributed by atoms with E-state index in [4.69, 9.17) is 23.1 Å². The number of nitrogens with zero attached hydrogens (tertiary/aromatic N) is 2. The largest absolute Gasteiger partial charge is 0.397 e. The molecule has 2 amide bonds. The number of hydrogen-bond donors (Lipinski definition) is 6. The highest BCUT2D eigenvalue weighted by Gasteiger charge is 2.31. The molecule has 2 aromatic heterocycles. The molecule has 0 saturated carbocycles. The lowest BCUT2D eigenvalue weighted by Crippen LogP contribution is -2.46. The highest BCUT2D eigenvalue weighted by Crippen LogP contribution is 2.41. The van der Waals surface area contributed by atoms with Gasteiger partial charge in [0.25, 0.3) is 11.8 Å². The van der Waals surface area contributed by atoms with Gasteiger partial charge in [-0.25, -0.2) is 0 Å². The van der Waals surface area contributed by atoms with Crippen LogP contribution in [0.3, 0.4) is 0 Å². The molecule has 2 aliphatic rings. The number of piperazine rings is 2. The maximum Gasteiger partial charge on any atom is 0.259 e. The first-order valence-corrected chi connectivity index (χ1v) is 21.1. The van der Waals surface area contributed by atoms with Crippen LogP contribution in [0.4, 0.5) is 32.8 Å². The Hall–Kier alpha value is -6.03. The molecule has 4 aromatic carbocycles. The van der Waals surface area contributed by atoms with E-state index in [0.717, 1.165) is 37.6 Å². The number of amides is 2. The molecule has 302 valence electrons. The van der Waals surface area contributed by atoms with Gasteiger partial charge in [-0.3, -0.25) is 19.2 Å². The number of nitrogens with two attached hydrogens (primary N) is 2. The molecular weight excluding hydrogens is 804 g/mol. The monoisotopic (exact) mass is 846 g/mol. The van der Waals surface area contributed by atoms with Crippen molar-refractivity contribution in [3.8, 4) is 0 Å². The minimum atomic E-state index is -0.232. The van der Waals surface area contributed by atoms with Gasteiger partial charge in [-0.15, -0.1) is 22.7 Å². The highest BCUT2D eigenvalue weighted by atomic mass is 35.5. The third kappa shape index (κ3) is 9.65. The lowest BCUT2D eigenvalue weighted by atomic mass is 10.1. The molecule has 8 rings (SSSR count). The van der Waals surface area contributed by atoms with Gasteiger partial charge >= 0.3 is 0 Å². The van der Waals surface area contributed by atoms with E-state index in [1.807, 2.05) is 78.9 Å². The van der Waals surface area contributed by atoms with Gasteiger partial charge in [0, 0.05) is 79.9 Å². The van der Waals surface area contributed by atoms with E-state index in [0.29, 0.717) is 73.2 Å². The summed E-state index contributed by atoms with van der Waals surface area (Å²) in [4.78, 5) is 57.0. The zero-order valence-corrected chi connectivity index (χ0v) is 34.4. The Morgan fingerprint density at radius 3 is 1.27 bits per heavy atom. The Labute approximate surface area is 355 Å². The quantitative estimate of drug-likeness (QED) is 0.0765. The summed E-state index contributed by atoms with van der Waals surface area (Å²) in [7, 11) is 0. The minimum absolute atomic E-state index is 0.147. The molecule has 2 fully saturated rings. The van der Waals surface area contributed by atoms with Crippen molar-refractivity contribution in [2.24, 2.45) is 0 Å². The fourth-order valence-electron chi connectivity index (χ4n) is 6.64. The summed E-state index contributed by atoms with van der Waals surface area (Å²) >= 11 is 8.37. The van der Waals surface area contributed by atoms with Crippen LogP contribution >= 0.6 is 34.3 Å². The standard InChI is InChI=1S/C22H21ClN4O2S.C22H22N4O2S/c23-15-8-6-14(7-9-15)19(28)20-18(24)17(22(29)27-12-10-25-11-13-27)21(30-20)26-16-4-2-1-3-5-16;23-18-17(22(28)26-13-11-24-12-14-26)21(25-16-9-5-2-6-10-16)29-20(18)19(27)15-7-3-1-4-8-15/h1-9,25-26H,10-13,24H2;1-10,24-25H,11-14,23H2. The number of carbonyl (C=O) groups is 4. The second-order valence-electron chi connectivity index (χ2n) is 13.7. The van der Waals surface area contributed by atoms with Gasteiger partial charge in [0.15, 0.2) is 0 Å². The second kappa shape index (κ2) is 19.1.